The second kappa shape index (κ2) is 36.8. The summed E-state index contributed by atoms with van der Waals surface area (Å²) in [5.41, 5.74) is 5.32. The Hall–Kier alpha value is -10.1. The number of hydrogen-bond acceptors (Lipinski definition) is 17. The van der Waals surface area contributed by atoms with Crippen LogP contribution in [0.25, 0.3) is 0 Å². The minimum atomic E-state index is -1.95. The maximum Gasteiger partial charge on any atom is 0.326 e. The number of hydrogen-bond donors (Lipinski definition) is 3. The lowest BCUT2D eigenvalue weighted by molar-refractivity contribution is -0.242. The number of carboxylic acids is 1. The van der Waals surface area contributed by atoms with Crippen molar-refractivity contribution in [3.8, 4) is 0 Å². The summed E-state index contributed by atoms with van der Waals surface area (Å²) in [7, 11) is 0. The predicted octanol–water partition coefficient (Wildman–Crippen LogP) is 13.9. The van der Waals surface area contributed by atoms with Gasteiger partial charge in [-0.25, -0.2) is 22.0 Å². The number of carbonyl (C=O) groups is 10. The van der Waals surface area contributed by atoms with Gasteiger partial charge in [-0.2, -0.15) is 0 Å². The highest BCUT2D eigenvalue weighted by atomic mass is 32.1. The molecule has 14 rings (SSSR count). The number of carboxylic acid groups (broad SMARTS) is 1. The molecule has 3 aromatic heterocycles. The molecule has 27 heteroatoms. The van der Waals surface area contributed by atoms with Crippen LogP contribution in [0.15, 0.2) is 174 Å². The topological polar surface area (TPSA) is 269 Å². The number of rotatable bonds is 20. The van der Waals surface area contributed by atoms with E-state index in [0.717, 1.165) is 32.1 Å². The molecule has 5 aromatic carbocycles. The summed E-state index contributed by atoms with van der Waals surface area (Å²) < 4.78 is 73.5. The quantitative estimate of drug-likeness (QED) is 0.0277. The summed E-state index contributed by atoms with van der Waals surface area (Å²) in [6, 6.07) is 40.3. The number of esters is 2. The third kappa shape index (κ3) is 21.3. The average Bonchev–Trinajstić information content (AvgIpc) is 1.58. The molecule has 1 spiro atoms. The molecule has 6 fully saturated rings. The largest absolute Gasteiger partial charge is 0.481 e. The normalized spacial score (nSPS) is 19.4. The van der Waals surface area contributed by atoms with Gasteiger partial charge in [0.2, 0.25) is 23.3 Å². The maximum atomic E-state index is 13.0. The molecule has 1 aliphatic carbocycles. The molecular formula is C79H80F5N5O14S3. The lowest BCUT2D eigenvalue weighted by Crippen LogP contribution is -2.47. The van der Waals surface area contributed by atoms with Crippen molar-refractivity contribution < 1.29 is 89.6 Å². The van der Waals surface area contributed by atoms with Gasteiger partial charge in [-0.3, -0.25) is 47.9 Å². The van der Waals surface area contributed by atoms with E-state index in [2.05, 4.69) is 12.1 Å². The number of nitrogen functional groups attached to an aromatic ring is 1. The number of nitrogens with zero attached hydrogens (tertiary/aromatic N) is 4. The van der Waals surface area contributed by atoms with Crippen LogP contribution in [0.1, 0.15) is 106 Å². The molecule has 0 bridgehead atoms. The average molecular weight is 1510 g/mol. The van der Waals surface area contributed by atoms with Gasteiger partial charge in [0.15, 0.2) is 11.2 Å². The van der Waals surface area contributed by atoms with E-state index >= 15 is 0 Å². The summed E-state index contributed by atoms with van der Waals surface area (Å²) in [5.74, 6) is -8.52. The third-order valence-corrected chi connectivity index (χ3v) is 21.1. The predicted molar refractivity (Wildman–Crippen MR) is 392 cm³/mol. The first kappa shape index (κ1) is 80.0. The molecular weight excluding hydrogens is 1430 g/mol. The van der Waals surface area contributed by atoms with E-state index in [1.165, 1.54) is 121 Å². The monoisotopic (exact) mass is 1510 g/mol. The van der Waals surface area contributed by atoms with Crippen LogP contribution in [0.4, 0.5) is 50.4 Å². The van der Waals surface area contributed by atoms with E-state index in [9.17, 15) is 75.0 Å². The number of amides is 4. The summed E-state index contributed by atoms with van der Waals surface area (Å²) in [4.78, 5) is 129. The Kier molecular flexibility index (Phi) is 27.7. The highest BCUT2D eigenvalue weighted by molar-refractivity contribution is 7.10. The smallest absolute Gasteiger partial charge is 0.326 e. The van der Waals surface area contributed by atoms with Crippen LogP contribution in [0.3, 0.4) is 0 Å². The van der Waals surface area contributed by atoms with Gasteiger partial charge in [-0.15, -0.1) is 34.0 Å². The third-order valence-electron chi connectivity index (χ3n) is 18.3. The van der Waals surface area contributed by atoms with Crippen molar-refractivity contribution in [3.05, 3.63) is 218 Å². The van der Waals surface area contributed by atoms with Crippen molar-refractivity contribution in [3.63, 3.8) is 0 Å². The first-order valence-corrected chi connectivity index (χ1v) is 37.2. The molecule has 19 nitrogen and oxygen atoms in total. The number of Topliss-reactive ketones (excluding diaryl/α,β-unsaturated/α-hetero) is 3. The Balaban J connectivity index is 0.000000151. The van der Waals surface area contributed by atoms with E-state index in [1.807, 2.05) is 40.4 Å². The van der Waals surface area contributed by atoms with Crippen LogP contribution in [0, 0.1) is 52.3 Å². The Morgan fingerprint density at radius 3 is 1.08 bits per heavy atom. The molecule has 5 saturated heterocycles. The van der Waals surface area contributed by atoms with E-state index < -0.39 is 75.9 Å². The van der Waals surface area contributed by atoms with Gasteiger partial charge >= 0.3 is 17.9 Å². The Labute approximate surface area is 621 Å². The van der Waals surface area contributed by atoms with Gasteiger partial charge in [-0.05, 0) is 226 Å². The van der Waals surface area contributed by atoms with Crippen LogP contribution in [0.5, 0.6) is 0 Å². The molecule has 8 aromatic rings. The highest BCUT2D eigenvalue weighted by Gasteiger charge is 2.64. The SMILES string of the molecule is CC1(C)OC(=O)C2(CC2)C(=O)O1.Nc1ccc(F)cc1.O=C(CCCc1cccs1)C1CCN(c2ccc(F)cc2)C1=O.O=C(CCCc1cccs1)C1CCN(c2ccc(F)cc2)C1=O.O=C(CCCc1cccs1)[C@@]1(O)CCN(c2ccc(F)cc2)C1=O.O=C(O)C1CCN(c2ccc(F)cc2)C1=O. The van der Waals surface area contributed by atoms with Crippen molar-refractivity contribution in [2.75, 3.05) is 51.5 Å². The van der Waals surface area contributed by atoms with Gasteiger partial charge in [0.25, 0.3) is 11.7 Å². The minimum Gasteiger partial charge on any atom is -0.481 e. The molecule has 4 atom stereocenters. The number of aryl methyl sites for hydroxylation is 3. The lowest BCUT2D eigenvalue weighted by atomic mass is 9.93. The molecule has 106 heavy (non-hydrogen) atoms. The van der Waals surface area contributed by atoms with Crippen molar-refractivity contribution >= 4 is 121 Å². The number of anilines is 5. The second-order valence-corrected chi connectivity index (χ2v) is 29.4. The number of halogens is 5. The number of carbonyl (C=O) groups excluding carboxylic acids is 9. The van der Waals surface area contributed by atoms with Crippen molar-refractivity contribution in [2.24, 2.45) is 23.2 Å². The number of ether oxygens (including phenoxy) is 2. The molecule has 5 aliphatic heterocycles. The zero-order chi connectivity index (χ0) is 76.3. The first-order valence-electron chi connectivity index (χ1n) is 34.5. The van der Waals surface area contributed by atoms with Crippen LogP contribution in [-0.2, 0) is 76.7 Å². The van der Waals surface area contributed by atoms with Gasteiger partial charge in [0, 0.05) is 109 Å². The molecule has 558 valence electrons. The molecule has 4 N–H and O–H groups in total. The van der Waals surface area contributed by atoms with Crippen molar-refractivity contribution in [1.29, 1.82) is 0 Å². The molecule has 0 radical (unpaired) electrons. The fourth-order valence-corrected chi connectivity index (χ4v) is 14.5. The summed E-state index contributed by atoms with van der Waals surface area (Å²) in [5, 5.41) is 25.4. The fraction of sp³-hybridized carbons (Fsp3) is 0.342. The number of aliphatic carboxylic acids is 1. The van der Waals surface area contributed by atoms with E-state index in [-0.39, 0.29) is 66.0 Å². The first-order chi connectivity index (χ1) is 50.6. The fourth-order valence-electron chi connectivity index (χ4n) is 12.3. The van der Waals surface area contributed by atoms with Gasteiger partial charge in [0.1, 0.15) is 46.6 Å². The van der Waals surface area contributed by atoms with E-state index in [0.29, 0.717) is 99.4 Å². The van der Waals surface area contributed by atoms with Gasteiger partial charge in [0.05, 0.1) is 11.8 Å². The number of benzene rings is 5. The van der Waals surface area contributed by atoms with Crippen molar-refractivity contribution in [1.82, 2.24) is 0 Å². The van der Waals surface area contributed by atoms with Crippen LogP contribution in [0.2, 0.25) is 0 Å². The highest BCUT2D eigenvalue weighted by Crippen LogP contribution is 2.51. The number of cyclic esters (lactones) is 2. The minimum absolute atomic E-state index is 0.0242. The number of thiophene rings is 3. The maximum absolute atomic E-state index is 13.0. The van der Waals surface area contributed by atoms with Gasteiger partial charge < -0.3 is 45.0 Å². The lowest BCUT2D eigenvalue weighted by Gasteiger charge is -2.32. The molecule has 6 aliphatic rings. The van der Waals surface area contributed by atoms with E-state index in [4.69, 9.17) is 20.3 Å². The van der Waals surface area contributed by atoms with Crippen LogP contribution in [-0.4, -0.2) is 107 Å². The van der Waals surface area contributed by atoms with E-state index in [1.54, 1.807) is 81.9 Å². The van der Waals surface area contributed by atoms with Crippen LogP contribution >= 0.6 is 34.0 Å². The summed E-state index contributed by atoms with van der Waals surface area (Å²) in [6.45, 7) is 4.76. The second-order valence-electron chi connectivity index (χ2n) is 26.3. The molecule has 3 unspecified atom stereocenters. The van der Waals surface area contributed by atoms with Crippen LogP contribution < -0.4 is 25.3 Å². The number of nitrogens with two attached hydrogens (primary N) is 1. The Morgan fingerprint density at radius 2 is 0.774 bits per heavy atom. The summed E-state index contributed by atoms with van der Waals surface area (Å²) >= 11 is 5.00. The summed E-state index contributed by atoms with van der Waals surface area (Å²) in [6.07, 6.45) is 8.32. The Bertz CT molecular complexity index is 4170. The molecule has 4 amide bonds. The number of ketones is 3. The van der Waals surface area contributed by atoms with Crippen molar-refractivity contribution in [2.45, 2.75) is 122 Å². The standard InChI is InChI=1S/C18H18FNO3S.2C18H18FNO2S.C11H10FNO3.C8H10O4.C6H6FN/c19-13-6-8-14(9-7-13)20-11-10-18(23,17(20)22)16(21)5-1-3-15-4-2-12-24-15;2*19-13-6-8-14(9-7-13)20-11-10-16(18(20)22)17(21)5-1-3-15-4-2-12-23-15;12-7-1-3-8(4-2-7)13-6-5-9(10(13)14)11(15)16;1-7(2)11-5(9)8(3-4-8)6(10)12-7;7-5-1-3-6(8)4-2-5/h2,4,6-9,12,23H,1,3,5,10-11H2;2*2,4,6-9,12,16H,1,3,5,10-11H2;1-4,9H,5-6H2,(H,15,16);3-4H2,1-2H3;1-4H,8H2/t18-;;;;;/m0...../s1. The zero-order valence-electron chi connectivity index (χ0n) is 58.2. The zero-order valence-corrected chi connectivity index (χ0v) is 60.6. The number of aliphatic hydroxyl groups is 1. The Morgan fingerprint density at radius 1 is 0.453 bits per heavy atom. The van der Waals surface area contributed by atoms with Gasteiger partial charge in [-0.1, -0.05) is 18.2 Å². The molecule has 1 saturated carbocycles. The molecule has 8 heterocycles.